The molecule has 0 aromatic heterocycles. The predicted molar refractivity (Wildman–Crippen MR) is 88.3 cm³/mol. The van der Waals surface area contributed by atoms with Crippen LogP contribution in [-0.2, 0) is 11.2 Å². The predicted octanol–water partition coefficient (Wildman–Crippen LogP) is 3.44. The Labute approximate surface area is 140 Å². The SMILES string of the molecule is CC(Oc1ccc(C#N)cc1)C(=O)N1CCCc2cc(F)ccc21. The topological polar surface area (TPSA) is 53.3 Å². The molecule has 1 amide bonds. The van der Waals surface area contributed by atoms with Gasteiger partial charge in [-0.3, -0.25) is 4.79 Å². The van der Waals surface area contributed by atoms with Gasteiger partial charge in [-0.25, -0.2) is 4.39 Å². The molecular weight excluding hydrogens is 307 g/mol. The van der Waals surface area contributed by atoms with E-state index in [2.05, 4.69) is 0 Å². The van der Waals surface area contributed by atoms with Crippen LogP contribution in [0.2, 0.25) is 0 Å². The van der Waals surface area contributed by atoms with Crippen LogP contribution in [0.3, 0.4) is 0 Å². The van der Waals surface area contributed by atoms with E-state index in [9.17, 15) is 9.18 Å². The highest BCUT2D eigenvalue weighted by atomic mass is 19.1. The number of benzene rings is 2. The summed E-state index contributed by atoms with van der Waals surface area (Å²) in [6.07, 6.45) is 0.891. The van der Waals surface area contributed by atoms with E-state index in [1.165, 1.54) is 12.1 Å². The number of fused-ring (bicyclic) bond motifs is 1. The van der Waals surface area contributed by atoms with Gasteiger partial charge in [-0.1, -0.05) is 0 Å². The van der Waals surface area contributed by atoms with Crippen molar-refractivity contribution in [3.05, 3.63) is 59.4 Å². The van der Waals surface area contributed by atoms with Gasteiger partial charge < -0.3 is 9.64 Å². The zero-order valence-corrected chi connectivity index (χ0v) is 13.3. The lowest BCUT2D eigenvalue weighted by Gasteiger charge is -2.31. The molecule has 1 aliphatic heterocycles. The first-order chi connectivity index (χ1) is 11.6. The molecule has 0 spiro atoms. The molecule has 1 atom stereocenters. The molecule has 2 aromatic rings. The minimum absolute atomic E-state index is 0.160. The number of carbonyl (C=O) groups is 1. The minimum atomic E-state index is -0.672. The quantitative estimate of drug-likeness (QED) is 0.869. The van der Waals surface area contributed by atoms with Crippen LogP contribution >= 0.6 is 0 Å². The number of halogens is 1. The van der Waals surface area contributed by atoms with Crippen molar-refractivity contribution in [3.8, 4) is 11.8 Å². The summed E-state index contributed by atoms with van der Waals surface area (Å²) in [5.74, 6) is 0.0861. The molecule has 0 N–H and O–H groups in total. The monoisotopic (exact) mass is 324 g/mol. The molecule has 122 valence electrons. The summed E-state index contributed by atoms with van der Waals surface area (Å²) in [7, 11) is 0. The average molecular weight is 324 g/mol. The van der Waals surface area contributed by atoms with Crippen molar-refractivity contribution in [1.82, 2.24) is 0 Å². The van der Waals surface area contributed by atoms with Gasteiger partial charge in [0.15, 0.2) is 6.10 Å². The van der Waals surface area contributed by atoms with Crippen molar-refractivity contribution in [2.24, 2.45) is 0 Å². The van der Waals surface area contributed by atoms with E-state index >= 15 is 0 Å². The second-order valence-electron chi connectivity index (χ2n) is 5.76. The van der Waals surface area contributed by atoms with Gasteiger partial charge >= 0.3 is 0 Å². The van der Waals surface area contributed by atoms with Crippen molar-refractivity contribution in [2.75, 3.05) is 11.4 Å². The molecule has 4 nitrogen and oxygen atoms in total. The molecule has 0 radical (unpaired) electrons. The number of hydrogen-bond acceptors (Lipinski definition) is 3. The number of carbonyl (C=O) groups excluding carboxylic acids is 1. The van der Waals surface area contributed by atoms with Crippen molar-refractivity contribution in [3.63, 3.8) is 0 Å². The van der Waals surface area contributed by atoms with Crippen LogP contribution in [0.1, 0.15) is 24.5 Å². The molecule has 1 aliphatic rings. The van der Waals surface area contributed by atoms with Crippen molar-refractivity contribution < 1.29 is 13.9 Å². The summed E-state index contributed by atoms with van der Waals surface area (Å²) in [5, 5.41) is 8.80. The van der Waals surface area contributed by atoms with Crippen LogP contribution in [0.25, 0.3) is 0 Å². The van der Waals surface area contributed by atoms with Crippen LogP contribution in [-0.4, -0.2) is 18.6 Å². The highest BCUT2D eigenvalue weighted by Crippen LogP contribution is 2.28. The third-order valence-corrected chi connectivity index (χ3v) is 4.07. The summed E-state index contributed by atoms with van der Waals surface area (Å²) in [4.78, 5) is 14.4. The highest BCUT2D eigenvalue weighted by Gasteiger charge is 2.27. The molecule has 0 bridgehead atoms. The summed E-state index contributed by atoms with van der Waals surface area (Å²) >= 11 is 0. The van der Waals surface area contributed by atoms with E-state index in [4.69, 9.17) is 10.00 Å². The van der Waals surface area contributed by atoms with Gasteiger partial charge in [0.1, 0.15) is 11.6 Å². The third kappa shape index (κ3) is 3.23. The fraction of sp³-hybridized carbons (Fsp3) is 0.263. The molecule has 2 aromatic carbocycles. The summed E-state index contributed by atoms with van der Waals surface area (Å²) in [5.41, 5.74) is 2.14. The normalized spacial score (nSPS) is 14.5. The zero-order valence-electron chi connectivity index (χ0n) is 13.3. The van der Waals surface area contributed by atoms with E-state index in [0.717, 1.165) is 24.1 Å². The maximum absolute atomic E-state index is 13.4. The van der Waals surface area contributed by atoms with E-state index in [0.29, 0.717) is 17.9 Å². The number of amides is 1. The lowest BCUT2D eigenvalue weighted by Crippen LogP contribution is -2.43. The van der Waals surface area contributed by atoms with E-state index in [1.54, 1.807) is 42.2 Å². The number of nitriles is 1. The van der Waals surface area contributed by atoms with Gasteiger partial charge in [0.25, 0.3) is 5.91 Å². The van der Waals surface area contributed by atoms with Crippen LogP contribution < -0.4 is 9.64 Å². The standard InChI is InChI=1S/C19H17FN2O2/c1-13(24-17-7-4-14(12-21)5-8-17)19(23)22-10-2-3-15-11-16(20)6-9-18(15)22/h4-9,11,13H,2-3,10H2,1H3. The Morgan fingerprint density at radius 2 is 2.04 bits per heavy atom. The molecule has 0 fully saturated rings. The van der Waals surface area contributed by atoms with Crippen LogP contribution in [0, 0.1) is 17.1 Å². The van der Waals surface area contributed by atoms with Gasteiger partial charge in [-0.15, -0.1) is 0 Å². The van der Waals surface area contributed by atoms with Crippen molar-refractivity contribution in [2.45, 2.75) is 25.9 Å². The fourth-order valence-corrected chi connectivity index (χ4v) is 2.88. The first-order valence-corrected chi connectivity index (χ1v) is 7.85. The van der Waals surface area contributed by atoms with Crippen LogP contribution in [0.5, 0.6) is 5.75 Å². The Bertz CT molecular complexity index is 796. The zero-order chi connectivity index (χ0) is 17.1. The van der Waals surface area contributed by atoms with Crippen molar-refractivity contribution >= 4 is 11.6 Å². The average Bonchev–Trinajstić information content (AvgIpc) is 2.61. The Morgan fingerprint density at radius 3 is 2.75 bits per heavy atom. The second kappa shape index (κ2) is 6.71. The smallest absolute Gasteiger partial charge is 0.267 e. The molecule has 1 heterocycles. The van der Waals surface area contributed by atoms with E-state index in [1.807, 2.05) is 6.07 Å². The number of nitrogens with zero attached hydrogens (tertiary/aromatic N) is 2. The maximum atomic E-state index is 13.4. The third-order valence-electron chi connectivity index (χ3n) is 4.07. The summed E-state index contributed by atoms with van der Waals surface area (Å²) < 4.78 is 19.1. The Balaban J connectivity index is 1.75. The summed E-state index contributed by atoms with van der Waals surface area (Å²) in [6.45, 7) is 2.29. The first kappa shape index (κ1) is 16.0. The molecule has 0 saturated heterocycles. The van der Waals surface area contributed by atoms with Crippen LogP contribution in [0.15, 0.2) is 42.5 Å². The van der Waals surface area contributed by atoms with Gasteiger partial charge in [-0.2, -0.15) is 5.26 Å². The Kier molecular flexibility index (Phi) is 4.48. The molecule has 1 unspecified atom stereocenters. The lowest BCUT2D eigenvalue weighted by atomic mass is 10.0. The van der Waals surface area contributed by atoms with Crippen LogP contribution in [0.4, 0.5) is 10.1 Å². The van der Waals surface area contributed by atoms with E-state index in [-0.39, 0.29) is 11.7 Å². The highest BCUT2D eigenvalue weighted by molar-refractivity contribution is 5.97. The molecule has 3 rings (SSSR count). The molecule has 0 saturated carbocycles. The molecular formula is C19H17FN2O2. The molecule has 5 heteroatoms. The number of anilines is 1. The number of ether oxygens (including phenoxy) is 1. The van der Waals surface area contributed by atoms with Gasteiger partial charge in [0.05, 0.1) is 11.6 Å². The van der Waals surface area contributed by atoms with Gasteiger partial charge in [-0.05, 0) is 67.8 Å². The Hall–Kier alpha value is -2.87. The number of aryl methyl sites for hydroxylation is 1. The van der Waals surface area contributed by atoms with Gasteiger partial charge in [0, 0.05) is 12.2 Å². The largest absolute Gasteiger partial charge is 0.481 e. The Morgan fingerprint density at radius 1 is 1.29 bits per heavy atom. The number of hydrogen-bond donors (Lipinski definition) is 0. The minimum Gasteiger partial charge on any atom is -0.481 e. The maximum Gasteiger partial charge on any atom is 0.267 e. The van der Waals surface area contributed by atoms with Crippen molar-refractivity contribution in [1.29, 1.82) is 5.26 Å². The van der Waals surface area contributed by atoms with E-state index < -0.39 is 6.10 Å². The number of rotatable bonds is 3. The molecule has 24 heavy (non-hydrogen) atoms. The lowest BCUT2D eigenvalue weighted by molar-refractivity contribution is -0.124. The first-order valence-electron chi connectivity index (χ1n) is 7.85. The fourth-order valence-electron chi connectivity index (χ4n) is 2.88. The van der Waals surface area contributed by atoms with Gasteiger partial charge in [0.2, 0.25) is 0 Å². The summed E-state index contributed by atoms with van der Waals surface area (Å²) in [6, 6.07) is 13.2. The molecule has 0 aliphatic carbocycles. The second-order valence-corrected chi connectivity index (χ2v) is 5.76.